The van der Waals surface area contributed by atoms with Crippen molar-refractivity contribution in [3.05, 3.63) is 24.0 Å². The summed E-state index contributed by atoms with van der Waals surface area (Å²) in [5.41, 5.74) is 0.740. The predicted octanol–water partition coefficient (Wildman–Crippen LogP) is 4.45. The monoisotopic (exact) mass is 471 g/mol. The Morgan fingerprint density at radius 1 is 1.00 bits per heavy atom. The molecular weight excluding hydrogens is 433 g/mol. The predicted molar refractivity (Wildman–Crippen MR) is 135 cm³/mol. The lowest BCUT2D eigenvalue weighted by Gasteiger charge is -2.36. The number of halogens is 1. The van der Waals surface area contributed by atoms with Crippen LogP contribution in [0.15, 0.2) is 18.2 Å². The maximum Gasteiger partial charge on any atom is 0.236 e. The zero-order chi connectivity index (χ0) is 24.1. The Bertz CT molecular complexity index is 951. The number of piperidine rings is 1. The zero-order valence-corrected chi connectivity index (χ0v) is 20.9. The molecule has 0 bridgehead atoms. The molecule has 8 nitrogen and oxygen atoms in total. The summed E-state index contributed by atoms with van der Waals surface area (Å²) in [4.78, 5) is 21.0. The Morgan fingerprint density at radius 3 is 2.35 bits per heavy atom. The number of aromatic nitrogens is 3. The molecule has 1 N–H and O–H groups in total. The van der Waals surface area contributed by atoms with Gasteiger partial charge in [-0.3, -0.25) is 0 Å². The van der Waals surface area contributed by atoms with E-state index in [4.69, 9.17) is 19.7 Å². The standard InChI is InChI=1S/C25H38FN7O/c1-27-23-28-24(32(3)20-12-9-15-31(2)17-20)30-25(29-23)33(18-10-7-5-6-8-11-18)19-13-14-22(34-4)21(26)16-19/h13-14,16,18,20H,5-12,15,17H2,1-4H3,(H,27,28,29,30). The first-order valence-electron chi connectivity index (χ1n) is 12.5. The first kappa shape index (κ1) is 24.4. The maximum absolute atomic E-state index is 14.8. The summed E-state index contributed by atoms with van der Waals surface area (Å²) in [5, 5.41) is 3.11. The summed E-state index contributed by atoms with van der Waals surface area (Å²) >= 11 is 0. The normalized spacial score (nSPS) is 20.0. The van der Waals surface area contributed by atoms with Crippen LogP contribution in [0.1, 0.15) is 51.4 Å². The average molecular weight is 472 g/mol. The highest BCUT2D eigenvalue weighted by Crippen LogP contribution is 2.35. The van der Waals surface area contributed by atoms with Crippen LogP contribution in [0.5, 0.6) is 5.75 Å². The van der Waals surface area contributed by atoms with E-state index < -0.39 is 0 Å². The van der Waals surface area contributed by atoms with Gasteiger partial charge in [0.2, 0.25) is 17.8 Å². The van der Waals surface area contributed by atoms with Crippen molar-refractivity contribution in [3.8, 4) is 5.75 Å². The molecule has 0 amide bonds. The van der Waals surface area contributed by atoms with Gasteiger partial charge in [-0.1, -0.05) is 25.7 Å². The third kappa shape index (κ3) is 5.51. The van der Waals surface area contributed by atoms with Gasteiger partial charge in [0.15, 0.2) is 11.6 Å². The third-order valence-corrected chi connectivity index (χ3v) is 7.12. The van der Waals surface area contributed by atoms with Crippen LogP contribution in [0.25, 0.3) is 0 Å². The fraction of sp³-hybridized carbons (Fsp3) is 0.640. The van der Waals surface area contributed by atoms with Crippen LogP contribution in [0, 0.1) is 5.82 Å². The Kier molecular flexibility index (Phi) is 8.03. The second kappa shape index (κ2) is 11.2. The number of methoxy groups -OCH3 is 1. The molecule has 9 heteroatoms. The van der Waals surface area contributed by atoms with E-state index in [1.165, 1.54) is 26.0 Å². The van der Waals surface area contributed by atoms with Crippen molar-refractivity contribution >= 4 is 23.5 Å². The Morgan fingerprint density at radius 2 is 1.71 bits per heavy atom. The second-order valence-corrected chi connectivity index (χ2v) is 9.51. The summed E-state index contributed by atoms with van der Waals surface area (Å²) in [6.45, 7) is 2.09. The molecule has 2 aliphatic rings. The SMILES string of the molecule is CNc1nc(N(C)C2CCCN(C)C2)nc(N(c2ccc(OC)c(F)c2)C2CCCCCC2)n1. The number of hydrogen-bond acceptors (Lipinski definition) is 8. The number of nitrogens with zero attached hydrogens (tertiary/aromatic N) is 6. The maximum atomic E-state index is 14.8. The number of benzene rings is 1. The van der Waals surface area contributed by atoms with E-state index in [9.17, 15) is 4.39 Å². The molecule has 1 aliphatic heterocycles. The van der Waals surface area contributed by atoms with Gasteiger partial charge >= 0.3 is 0 Å². The van der Waals surface area contributed by atoms with Crippen molar-refractivity contribution in [2.24, 2.45) is 0 Å². The molecule has 34 heavy (non-hydrogen) atoms. The van der Waals surface area contributed by atoms with E-state index in [2.05, 4.69) is 34.1 Å². The molecule has 0 spiro atoms. The average Bonchev–Trinajstić information content (AvgIpc) is 3.13. The Hall–Kier alpha value is -2.68. The molecule has 1 atom stereocenters. The minimum absolute atomic E-state index is 0.196. The van der Waals surface area contributed by atoms with Gasteiger partial charge in [-0.15, -0.1) is 0 Å². The summed E-state index contributed by atoms with van der Waals surface area (Å²) < 4.78 is 19.9. The molecule has 2 aromatic rings. The number of rotatable bonds is 7. The Labute approximate surface area is 202 Å². The fourth-order valence-electron chi connectivity index (χ4n) is 5.16. The first-order valence-corrected chi connectivity index (χ1v) is 12.5. The van der Waals surface area contributed by atoms with E-state index in [-0.39, 0.29) is 17.6 Å². The van der Waals surface area contributed by atoms with E-state index in [1.807, 2.05) is 13.1 Å². The lowest BCUT2D eigenvalue weighted by atomic mass is 10.1. The highest BCUT2D eigenvalue weighted by atomic mass is 19.1. The van der Waals surface area contributed by atoms with Crippen LogP contribution >= 0.6 is 0 Å². The van der Waals surface area contributed by atoms with Gasteiger partial charge in [-0.05, 0) is 51.4 Å². The highest BCUT2D eigenvalue weighted by molar-refractivity contribution is 5.62. The molecule has 2 fully saturated rings. The first-order chi connectivity index (χ1) is 16.5. The number of ether oxygens (including phenoxy) is 1. The molecule has 1 aromatic carbocycles. The molecule has 0 radical (unpaired) electrons. The summed E-state index contributed by atoms with van der Waals surface area (Å²) in [6, 6.07) is 5.64. The summed E-state index contributed by atoms with van der Waals surface area (Å²) in [6.07, 6.45) is 9.04. The van der Waals surface area contributed by atoms with E-state index >= 15 is 0 Å². The van der Waals surface area contributed by atoms with Crippen molar-refractivity contribution in [2.45, 2.75) is 63.5 Å². The van der Waals surface area contributed by atoms with E-state index in [0.29, 0.717) is 23.9 Å². The highest BCUT2D eigenvalue weighted by Gasteiger charge is 2.28. The zero-order valence-electron chi connectivity index (χ0n) is 20.9. The molecule has 1 unspecified atom stereocenters. The summed E-state index contributed by atoms with van der Waals surface area (Å²) in [7, 11) is 7.52. The van der Waals surface area contributed by atoms with Gasteiger partial charge in [0.1, 0.15) is 0 Å². The molecule has 4 rings (SSSR count). The van der Waals surface area contributed by atoms with Crippen LogP contribution in [-0.2, 0) is 0 Å². The van der Waals surface area contributed by atoms with Crippen LogP contribution in [0.4, 0.5) is 27.9 Å². The number of hydrogen-bond donors (Lipinski definition) is 1. The lowest BCUT2D eigenvalue weighted by molar-refractivity contribution is 0.247. The lowest BCUT2D eigenvalue weighted by Crippen LogP contribution is -2.45. The van der Waals surface area contributed by atoms with Gasteiger partial charge in [0.25, 0.3) is 0 Å². The van der Waals surface area contributed by atoms with Crippen molar-refractivity contribution < 1.29 is 9.13 Å². The largest absolute Gasteiger partial charge is 0.494 e. The Balaban J connectivity index is 1.75. The number of likely N-dealkylation sites (tertiary alicyclic amines) is 1. The van der Waals surface area contributed by atoms with E-state index in [0.717, 1.165) is 57.3 Å². The van der Waals surface area contributed by atoms with Gasteiger partial charge in [-0.25, -0.2) is 4.39 Å². The van der Waals surface area contributed by atoms with Crippen molar-refractivity contribution in [1.29, 1.82) is 0 Å². The summed E-state index contributed by atoms with van der Waals surface area (Å²) in [5.74, 6) is 1.56. The van der Waals surface area contributed by atoms with Crippen LogP contribution < -0.4 is 19.9 Å². The van der Waals surface area contributed by atoms with Crippen molar-refractivity contribution in [2.75, 3.05) is 56.5 Å². The van der Waals surface area contributed by atoms with Crippen LogP contribution in [0.2, 0.25) is 0 Å². The van der Waals surface area contributed by atoms with Gasteiger partial charge < -0.3 is 24.8 Å². The van der Waals surface area contributed by atoms with Crippen LogP contribution in [-0.4, -0.2) is 73.3 Å². The molecule has 1 aliphatic carbocycles. The van der Waals surface area contributed by atoms with Crippen molar-refractivity contribution in [3.63, 3.8) is 0 Å². The van der Waals surface area contributed by atoms with Gasteiger partial charge in [0.05, 0.1) is 7.11 Å². The molecular formula is C25H38FN7O. The number of anilines is 4. The fourth-order valence-corrected chi connectivity index (χ4v) is 5.16. The number of likely N-dealkylation sites (N-methyl/N-ethyl adjacent to an activating group) is 2. The molecule has 2 heterocycles. The third-order valence-electron chi connectivity index (χ3n) is 7.12. The van der Waals surface area contributed by atoms with Gasteiger partial charge in [0, 0.05) is 44.5 Å². The molecule has 186 valence electrons. The van der Waals surface area contributed by atoms with E-state index in [1.54, 1.807) is 6.07 Å². The van der Waals surface area contributed by atoms with Crippen molar-refractivity contribution in [1.82, 2.24) is 19.9 Å². The second-order valence-electron chi connectivity index (χ2n) is 9.51. The smallest absolute Gasteiger partial charge is 0.236 e. The quantitative estimate of drug-likeness (QED) is 0.594. The minimum Gasteiger partial charge on any atom is -0.494 e. The van der Waals surface area contributed by atoms with Gasteiger partial charge in [-0.2, -0.15) is 15.0 Å². The minimum atomic E-state index is -0.385. The molecule has 1 aromatic heterocycles. The molecule has 1 saturated carbocycles. The number of nitrogens with one attached hydrogen (secondary N) is 1. The molecule has 1 saturated heterocycles. The topological polar surface area (TPSA) is 69.7 Å². The van der Waals surface area contributed by atoms with Crippen LogP contribution in [0.3, 0.4) is 0 Å².